The fraction of sp³-hybridized carbons (Fsp3) is 0.139. The minimum atomic E-state index is -4.50. The number of alkyl halides is 3. The first-order chi connectivity index (χ1) is 20.7. The molecule has 6 rings (SSSR count). The monoisotopic (exact) mass is 577 g/mol. The summed E-state index contributed by atoms with van der Waals surface area (Å²) < 4.78 is 43.2. The lowest BCUT2D eigenvalue weighted by molar-refractivity contribution is -0.137. The highest BCUT2D eigenvalue weighted by Gasteiger charge is 2.33. The molecule has 4 nitrogen and oxygen atoms in total. The molecule has 1 N–H and O–H groups in total. The second kappa shape index (κ2) is 11.4. The summed E-state index contributed by atoms with van der Waals surface area (Å²) in [6.07, 6.45) is -2.83. The molecule has 1 unspecified atom stereocenters. The molecule has 1 amide bonds. The van der Waals surface area contributed by atoms with Gasteiger partial charge in [0.2, 0.25) is 5.91 Å². The summed E-state index contributed by atoms with van der Waals surface area (Å²) in [6.45, 7) is 0. The van der Waals surface area contributed by atoms with Crippen molar-refractivity contribution < 1.29 is 18.0 Å². The molecule has 0 spiro atoms. The fourth-order valence-corrected chi connectivity index (χ4v) is 5.50. The van der Waals surface area contributed by atoms with Crippen LogP contribution in [0.15, 0.2) is 121 Å². The molecule has 1 atom stereocenters. The molecular formula is C36H30F3N3O. The van der Waals surface area contributed by atoms with Crippen molar-refractivity contribution in [2.45, 2.75) is 18.6 Å². The molecule has 216 valence electrons. The van der Waals surface area contributed by atoms with Crippen molar-refractivity contribution in [1.29, 1.82) is 0 Å². The molecule has 0 aliphatic rings. The number of aromatic nitrogens is 1. The van der Waals surface area contributed by atoms with E-state index in [-0.39, 0.29) is 5.91 Å². The van der Waals surface area contributed by atoms with Crippen LogP contribution in [0.4, 0.5) is 18.9 Å². The first-order valence-corrected chi connectivity index (χ1v) is 14.0. The van der Waals surface area contributed by atoms with Crippen molar-refractivity contribution in [3.05, 3.63) is 133 Å². The van der Waals surface area contributed by atoms with E-state index in [4.69, 9.17) is 0 Å². The molecule has 5 aromatic carbocycles. The topological polar surface area (TPSA) is 37.3 Å². The van der Waals surface area contributed by atoms with Crippen LogP contribution >= 0.6 is 0 Å². The Bertz CT molecular complexity index is 1910. The van der Waals surface area contributed by atoms with E-state index in [9.17, 15) is 18.0 Å². The van der Waals surface area contributed by atoms with Gasteiger partial charge in [0.1, 0.15) is 0 Å². The molecule has 0 saturated heterocycles. The number of nitrogens with zero attached hydrogens (tertiary/aromatic N) is 2. The Labute approximate surface area is 248 Å². The molecule has 0 fully saturated rings. The van der Waals surface area contributed by atoms with Crippen LogP contribution in [0.2, 0.25) is 0 Å². The molecule has 0 aliphatic carbocycles. The highest BCUT2D eigenvalue weighted by Crippen LogP contribution is 2.37. The van der Waals surface area contributed by atoms with Gasteiger partial charge in [-0.05, 0) is 89.6 Å². The van der Waals surface area contributed by atoms with Gasteiger partial charge >= 0.3 is 6.18 Å². The molecular weight excluding hydrogens is 547 g/mol. The zero-order chi connectivity index (χ0) is 30.1. The van der Waals surface area contributed by atoms with Crippen molar-refractivity contribution in [2.75, 3.05) is 19.4 Å². The Hall–Kier alpha value is -4.88. The quantitative estimate of drug-likeness (QED) is 0.193. The van der Waals surface area contributed by atoms with E-state index in [2.05, 4.69) is 5.32 Å². The predicted molar refractivity (Wildman–Crippen MR) is 167 cm³/mol. The van der Waals surface area contributed by atoms with Gasteiger partial charge in [-0.3, -0.25) is 9.69 Å². The molecule has 1 heterocycles. The van der Waals surface area contributed by atoms with Crippen molar-refractivity contribution >= 4 is 33.1 Å². The van der Waals surface area contributed by atoms with E-state index in [1.807, 2.05) is 104 Å². The van der Waals surface area contributed by atoms with Crippen LogP contribution < -0.4 is 5.32 Å². The van der Waals surface area contributed by atoms with E-state index >= 15 is 0 Å². The number of fused-ring (bicyclic) bond motifs is 3. The number of carbonyl (C=O) groups excluding carboxylic acids is 1. The van der Waals surface area contributed by atoms with Crippen LogP contribution in [-0.4, -0.2) is 35.5 Å². The van der Waals surface area contributed by atoms with E-state index in [0.717, 1.165) is 33.3 Å². The van der Waals surface area contributed by atoms with Gasteiger partial charge in [0.15, 0.2) is 0 Å². The number of amides is 1. The summed E-state index contributed by atoms with van der Waals surface area (Å²) in [5.41, 5.74) is 2.54. The van der Waals surface area contributed by atoms with Gasteiger partial charge in [0.25, 0.3) is 0 Å². The van der Waals surface area contributed by atoms with Crippen LogP contribution in [0.3, 0.4) is 0 Å². The third-order valence-electron chi connectivity index (χ3n) is 7.80. The lowest BCUT2D eigenvalue weighted by Crippen LogP contribution is -2.41. The highest BCUT2D eigenvalue weighted by molar-refractivity contribution is 6.08. The average Bonchev–Trinajstić information content (AvgIpc) is 3.47. The number of anilines is 1. The number of hydrogen-bond donors (Lipinski definition) is 1. The molecule has 1 aromatic heterocycles. The normalized spacial score (nSPS) is 12.6. The van der Waals surface area contributed by atoms with Gasteiger partial charge in [-0.15, -0.1) is 0 Å². The second-order valence-corrected chi connectivity index (χ2v) is 10.9. The van der Waals surface area contributed by atoms with Crippen molar-refractivity contribution in [1.82, 2.24) is 9.47 Å². The standard InChI is InChI=1S/C36H30F3N3O/c1-41(2)34(20-24-8-4-3-5-9-24)35(43)40-29-15-17-30(18-16-29)42-23-28(36(37,38)39)22-33(42)27-14-19-32-26(21-27)13-12-25-10-6-7-11-31(25)32/h3-19,21-23,34H,20H2,1-2H3,(H,40,43). The van der Waals surface area contributed by atoms with Crippen LogP contribution in [0.1, 0.15) is 11.1 Å². The predicted octanol–water partition coefficient (Wildman–Crippen LogP) is 8.58. The molecule has 43 heavy (non-hydrogen) atoms. The maximum atomic E-state index is 13.9. The molecule has 0 saturated carbocycles. The SMILES string of the molecule is CN(C)C(Cc1ccccc1)C(=O)Nc1ccc(-n2cc(C(F)(F)F)cc2-c2ccc3c(ccc4ccccc43)c2)cc1. The maximum absolute atomic E-state index is 13.9. The van der Waals surface area contributed by atoms with Gasteiger partial charge in [-0.1, -0.05) is 78.9 Å². The highest BCUT2D eigenvalue weighted by atomic mass is 19.4. The van der Waals surface area contributed by atoms with Crippen molar-refractivity contribution in [2.24, 2.45) is 0 Å². The molecule has 0 radical (unpaired) electrons. The third-order valence-corrected chi connectivity index (χ3v) is 7.80. The molecule has 7 heteroatoms. The molecule has 0 aliphatic heterocycles. The number of hydrogen-bond acceptors (Lipinski definition) is 2. The van der Waals surface area contributed by atoms with Crippen LogP contribution in [0.5, 0.6) is 0 Å². The number of halogens is 3. The Balaban J connectivity index is 1.31. The number of benzene rings is 5. The molecule has 0 bridgehead atoms. The summed E-state index contributed by atoms with van der Waals surface area (Å²) in [4.78, 5) is 15.0. The first-order valence-electron chi connectivity index (χ1n) is 14.0. The number of carbonyl (C=O) groups is 1. The Morgan fingerprint density at radius 1 is 0.791 bits per heavy atom. The van der Waals surface area contributed by atoms with Crippen LogP contribution in [0, 0.1) is 0 Å². The summed E-state index contributed by atoms with van der Waals surface area (Å²) in [6, 6.07) is 35.3. The summed E-state index contributed by atoms with van der Waals surface area (Å²) in [5, 5.41) is 7.15. The van der Waals surface area contributed by atoms with Gasteiger partial charge in [-0.25, -0.2) is 0 Å². The second-order valence-electron chi connectivity index (χ2n) is 10.9. The summed E-state index contributed by atoms with van der Waals surface area (Å²) >= 11 is 0. The summed E-state index contributed by atoms with van der Waals surface area (Å²) in [5.74, 6) is -0.161. The Morgan fingerprint density at radius 3 is 2.19 bits per heavy atom. The fourth-order valence-electron chi connectivity index (χ4n) is 5.50. The van der Waals surface area contributed by atoms with E-state index in [1.165, 1.54) is 6.07 Å². The van der Waals surface area contributed by atoms with Crippen LogP contribution in [0.25, 0.3) is 38.5 Å². The van der Waals surface area contributed by atoms with Gasteiger partial charge < -0.3 is 9.88 Å². The summed E-state index contributed by atoms with van der Waals surface area (Å²) in [7, 11) is 3.72. The van der Waals surface area contributed by atoms with Crippen molar-refractivity contribution in [3.63, 3.8) is 0 Å². The van der Waals surface area contributed by atoms with Gasteiger partial charge in [0.05, 0.1) is 17.3 Å². The lowest BCUT2D eigenvalue weighted by Gasteiger charge is -2.23. The largest absolute Gasteiger partial charge is 0.417 e. The minimum Gasteiger partial charge on any atom is -0.325 e. The van der Waals surface area contributed by atoms with E-state index in [1.54, 1.807) is 28.8 Å². The van der Waals surface area contributed by atoms with Gasteiger partial charge in [-0.2, -0.15) is 13.2 Å². The van der Waals surface area contributed by atoms with Crippen LogP contribution in [-0.2, 0) is 17.4 Å². The Morgan fingerprint density at radius 2 is 1.47 bits per heavy atom. The lowest BCUT2D eigenvalue weighted by atomic mass is 9.99. The number of likely N-dealkylation sites (N-methyl/N-ethyl adjacent to an activating group) is 1. The Kier molecular flexibility index (Phi) is 7.50. The van der Waals surface area contributed by atoms with E-state index < -0.39 is 17.8 Å². The minimum absolute atomic E-state index is 0.161. The molecule has 6 aromatic rings. The average molecular weight is 578 g/mol. The van der Waals surface area contributed by atoms with E-state index in [0.29, 0.717) is 29.1 Å². The third kappa shape index (κ3) is 5.90. The number of rotatable bonds is 7. The zero-order valence-electron chi connectivity index (χ0n) is 23.8. The van der Waals surface area contributed by atoms with Crippen molar-refractivity contribution in [3.8, 4) is 16.9 Å². The maximum Gasteiger partial charge on any atom is 0.417 e. The van der Waals surface area contributed by atoms with Gasteiger partial charge in [0, 0.05) is 17.6 Å². The first kappa shape index (κ1) is 28.2. The smallest absolute Gasteiger partial charge is 0.325 e. The zero-order valence-corrected chi connectivity index (χ0v) is 23.8. The number of nitrogens with one attached hydrogen (secondary N) is 1.